The summed E-state index contributed by atoms with van der Waals surface area (Å²) < 4.78 is 2.99. The topological polar surface area (TPSA) is 17.8 Å². The molecule has 0 aliphatic rings. The van der Waals surface area contributed by atoms with Crippen LogP contribution in [0.5, 0.6) is 0 Å². The number of benzene rings is 4. The summed E-state index contributed by atoms with van der Waals surface area (Å²) in [6.07, 6.45) is 3.01. The molecule has 0 spiro atoms. The number of aromatic nitrogens is 2. The Morgan fingerprint density at radius 3 is 1.77 bits per heavy atom. The first-order valence-electron chi connectivity index (χ1n) is 11.8. The van der Waals surface area contributed by atoms with Gasteiger partial charge in [-0.25, -0.2) is 4.98 Å². The van der Waals surface area contributed by atoms with Gasteiger partial charge in [0.2, 0.25) is 0 Å². The van der Waals surface area contributed by atoms with E-state index < -0.39 is 10.9 Å². The number of imidazole rings is 1. The number of aryl methyl sites for hydroxylation is 1. The molecule has 174 valence electrons. The number of hydrogen-bond donors (Lipinski definition) is 0. The number of alkyl halides is 1. The van der Waals surface area contributed by atoms with Crippen LogP contribution in [-0.4, -0.2) is 9.55 Å². The zero-order chi connectivity index (χ0) is 24.3. The van der Waals surface area contributed by atoms with E-state index in [4.69, 9.17) is 16.6 Å². The third kappa shape index (κ3) is 4.35. The van der Waals surface area contributed by atoms with Crippen LogP contribution >= 0.6 is 27.5 Å². The van der Waals surface area contributed by atoms with Gasteiger partial charge in [0.25, 0.3) is 0 Å². The van der Waals surface area contributed by atoms with Crippen molar-refractivity contribution in [3.8, 4) is 0 Å². The Kier molecular flexibility index (Phi) is 6.90. The van der Waals surface area contributed by atoms with Gasteiger partial charge in [0.15, 0.2) is 0 Å². The molecule has 0 aliphatic heterocycles. The van der Waals surface area contributed by atoms with Crippen molar-refractivity contribution in [2.24, 2.45) is 0 Å². The molecular formula is C31H26BrClN2. The monoisotopic (exact) mass is 540 g/mol. The Bertz CT molecular complexity index is 1300. The maximum atomic E-state index is 7.24. The summed E-state index contributed by atoms with van der Waals surface area (Å²) in [5.41, 5.74) is 5.02. The maximum absolute atomic E-state index is 7.24. The molecule has 35 heavy (non-hydrogen) atoms. The predicted octanol–water partition coefficient (Wildman–Crippen LogP) is 8.38. The summed E-state index contributed by atoms with van der Waals surface area (Å²) in [5, 5.41) is -0.427. The minimum Gasteiger partial charge on any atom is -0.314 e. The molecule has 0 fully saturated rings. The Morgan fingerprint density at radius 1 is 0.771 bits per heavy atom. The van der Waals surface area contributed by atoms with Crippen LogP contribution in [0, 0.1) is 0 Å². The van der Waals surface area contributed by atoms with Crippen molar-refractivity contribution in [1.29, 1.82) is 0 Å². The average Bonchev–Trinajstić information content (AvgIpc) is 3.32. The molecule has 5 aromatic rings. The van der Waals surface area contributed by atoms with E-state index in [1.54, 1.807) is 0 Å². The van der Waals surface area contributed by atoms with Gasteiger partial charge in [-0.05, 0) is 50.2 Å². The highest BCUT2D eigenvalue weighted by atomic mass is 79.9. The Balaban J connectivity index is 1.84. The molecular weight excluding hydrogens is 516 g/mol. The summed E-state index contributed by atoms with van der Waals surface area (Å²) >= 11 is 10.9. The van der Waals surface area contributed by atoms with Gasteiger partial charge in [0, 0.05) is 6.20 Å². The fourth-order valence-corrected chi connectivity index (χ4v) is 5.56. The largest absolute Gasteiger partial charge is 0.314 e. The molecule has 1 unspecified atom stereocenters. The van der Waals surface area contributed by atoms with Crippen molar-refractivity contribution in [2.45, 2.75) is 24.3 Å². The number of hydrogen-bond acceptors (Lipinski definition) is 1. The first-order valence-corrected chi connectivity index (χ1v) is 13.0. The van der Waals surface area contributed by atoms with E-state index in [-0.39, 0.29) is 0 Å². The van der Waals surface area contributed by atoms with Crippen LogP contribution in [0.4, 0.5) is 0 Å². The van der Waals surface area contributed by atoms with Crippen molar-refractivity contribution in [1.82, 2.24) is 9.55 Å². The first-order chi connectivity index (χ1) is 17.1. The van der Waals surface area contributed by atoms with Crippen molar-refractivity contribution in [3.05, 3.63) is 160 Å². The molecule has 4 heteroatoms. The Morgan fingerprint density at radius 2 is 1.29 bits per heavy atom. The standard InChI is InChI=1S/C31H26BrClN2/c1-2-23-13-12-14-24(21-23)29(33)30-34-28(32)22-35(30)31(25-15-6-3-7-16-25,26-17-8-4-9-18-26)27-19-10-5-11-20-27/h3-22,29H,2H2,1H3. The molecule has 1 aromatic heterocycles. The highest BCUT2D eigenvalue weighted by molar-refractivity contribution is 9.10. The van der Waals surface area contributed by atoms with E-state index in [0.29, 0.717) is 0 Å². The smallest absolute Gasteiger partial charge is 0.134 e. The number of nitrogens with zero attached hydrogens (tertiary/aromatic N) is 2. The third-order valence-electron chi connectivity index (χ3n) is 6.52. The van der Waals surface area contributed by atoms with Gasteiger partial charge in [0.1, 0.15) is 21.3 Å². The van der Waals surface area contributed by atoms with Crippen LogP contribution in [0.1, 0.15) is 45.9 Å². The minimum absolute atomic E-state index is 0.427. The zero-order valence-corrected chi connectivity index (χ0v) is 21.8. The summed E-state index contributed by atoms with van der Waals surface area (Å²) in [6.45, 7) is 2.16. The molecule has 4 aromatic carbocycles. The molecule has 0 bridgehead atoms. The van der Waals surface area contributed by atoms with Gasteiger partial charge in [-0.3, -0.25) is 0 Å². The van der Waals surface area contributed by atoms with E-state index in [0.717, 1.165) is 39.1 Å². The second-order valence-electron chi connectivity index (χ2n) is 8.56. The van der Waals surface area contributed by atoms with Crippen LogP contribution in [0.3, 0.4) is 0 Å². The normalized spacial score (nSPS) is 12.4. The zero-order valence-electron chi connectivity index (χ0n) is 19.5. The van der Waals surface area contributed by atoms with Gasteiger partial charge in [-0.1, -0.05) is 122 Å². The highest BCUT2D eigenvalue weighted by Gasteiger charge is 2.41. The lowest BCUT2D eigenvalue weighted by Crippen LogP contribution is -2.38. The van der Waals surface area contributed by atoms with E-state index in [9.17, 15) is 0 Å². The molecule has 0 amide bonds. The average molecular weight is 542 g/mol. The SMILES string of the molecule is CCc1cccc(C(Cl)c2nc(Br)cn2C(c2ccccc2)(c2ccccc2)c2ccccc2)c1. The fraction of sp³-hybridized carbons (Fsp3) is 0.129. The minimum atomic E-state index is -0.673. The van der Waals surface area contributed by atoms with Gasteiger partial charge in [0.05, 0.1) is 0 Å². The second-order valence-corrected chi connectivity index (χ2v) is 9.81. The first kappa shape index (κ1) is 23.6. The third-order valence-corrected chi connectivity index (χ3v) is 7.35. The van der Waals surface area contributed by atoms with Crippen LogP contribution in [0.15, 0.2) is 126 Å². The van der Waals surface area contributed by atoms with Gasteiger partial charge in [-0.15, -0.1) is 11.6 Å². The van der Waals surface area contributed by atoms with Crippen LogP contribution in [0.2, 0.25) is 0 Å². The van der Waals surface area contributed by atoms with E-state index >= 15 is 0 Å². The molecule has 0 saturated carbocycles. The van der Waals surface area contributed by atoms with Crippen molar-refractivity contribution in [3.63, 3.8) is 0 Å². The fourth-order valence-electron chi connectivity index (χ4n) is 4.89. The van der Waals surface area contributed by atoms with Gasteiger partial charge in [-0.2, -0.15) is 0 Å². The van der Waals surface area contributed by atoms with Crippen LogP contribution in [-0.2, 0) is 12.0 Å². The van der Waals surface area contributed by atoms with Crippen molar-refractivity contribution < 1.29 is 0 Å². The highest BCUT2D eigenvalue weighted by Crippen LogP contribution is 2.44. The number of rotatable bonds is 7. The number of halogens is 2. The van der Waals surface area contributed by atoms with E-state index in [1.807, 2.05) is 0 Å². The van der Waals surface area contributed by atoms with Crippen LogP contribution < -0.4 is 0 Å². The summed E-state index contributed by atoms with van der Waals surface area (Å²) in [6, 6.07) is 40.2. The lowest BCUT2D eigenvalue weighted by atomic mass is 9.76. The maximum Gasteiger partial charge on any atom is 0.134 e. The summed E-state index contributed by atoms with van der Waals surface area (Å²) in [5.74, 6) is 0.781. The van der Waals surface area contributed by atoms with Crippen LogP contribution in [0.25, 0.3) is 0 Å². The molecule has 0 radical (unpaired) electrons. The quantitative estimate of drug-likeness (QED) is 0.149. The van der Waals surface area contributed by atoms with Gasteiger partial charge < -0.3 is 4.57 Å². The summed E-state index contributed by atoms with van der Waals surface area (Å²) in [7, 11) is 0. The lowest BCUT2D eigenvalue weighted by Gasteiger charge is -2.39. The lowest BCUT2D eigenvalue weighted by molar-refractivity contribution is 0.494. The Labute approximate surface area is 220 Å². The summed E-state index contributed by atoms with van der Waals surface area (Å²) in [4.78, 5) is 4.93. The molecule has 2 nitrogen and oxygen atoms in total. The molecule has 0 aliphatic carbocycles. The predicted molar refractivity (Wildman–Crippen MR) is 148 cm³/mol. The molecule has 0 N–H and O–H groups in total. The Hall–Kier alpha value is -3.14. The van der Waals surface area contributed by atoms with E-state index in [2.05, 4.69) is 149 Å². The molecule has 5 rings (SSSR count). The van der Waals surface area contributed by atoms with E-state index in [1.165, 1.54) is 5.56 Å². The molecule has 1 heterocycles. The van der Waals surface area contributed by atoms with Gasteiger partial charge >= 0.3 is 0 Å². The van der Waals surface area contributed by atoms with Crippen molar-refractivity contribution >= 4 is 27.5 Å². The molecule has 1 atom stereocenters. The van der Waals surface area contributed by atoms with Crippen molar-refractivity contribution in [2.75, 3.05) is 0 Å². The molecule has 0 saturated heterocycles. The second kappa shape index (κ2) is 10.2.